The Kier molecular flexibility index (Phi) is 6.56. The minimum absolute atomic E-state index is 0.0141. The molecule has 2 aliphatic rings. The number of carbonyl (C=O) groups is 1. The molecular formula is C16H28F3N3O. The van der Waals surface area contributed by atoms with Gasteiger partial charge < -0.3 is 15.1 Å². The molecule has 7 heteroatoms. The van der Waals surface area contributed by atoms with Crippen LogP contribution in [0.3, 0.4) is 0 Å². The first-order valence-electron chi connectivity index (χ1n) is 8.68. The van der Waals surface area contributed by atoms with Crippen molar-refractivity contribution in [3.8, 4) is 0 Å². The third kappa shape index (κ3) is 5.86. The van der Waals surface area contributed by atoms with Crippen molar-refractivity contribution in [3.05, 3.63) is 0 Å². The van der Waals surface area contributed by atoms with Crippen LogP contribution in [0.1, 0.15) is 39.0 Å². The largest absolute Gasteiger partial charge is 0.391 e. The third-order valence-electron chi connectivity index (χ3n) is 4.87. The first-order valence-corrected chi connectivity index (χ1v) is 8.68. The van der Waals surface area contributed by atoms with Crippen LogP contribution in [0.25, 0.3) is 0 Å². The van der Waals surface area contributed by atoms with Gasteiger partial charge in [0.2, 0.25) is 0 Å². The molecule has 0 bridgehead atoms. The second-order valence-corrected chi connectivity index (χ2v) is 6.96. The van der Waals surface area contributed by atoms with Gasteiger partial charge in [-0.15, -0.1) is 0 Å². The molecule has 0 radical (unpaired) electrons. The second kappa shape index (κ2) is 8.22. The third-order valence-corrected chi connectivity index (χ3v) is 4.87. The fourth-order valence-corrected chi connectivity index (χ4v) is 3.43. The van der Waals surface area contributed by atoms with Crippen LogP contribution >= 0.6 is 0 Å². The number of likely N-dealkylation sites (tertiary alicyclic amines) is 2. The molecule has 0 spiro atoms. The molecule has 1 unspecified atom stereocenters. The van der Waals surface area contributed by atoms with Gasteiger partial charge in [-0.05, 0) is 44.7 Å². The molecule has 0 aliphatic carbocycles. The number of carbonyl (C=O) groups excluding carboxylic acids is 1. The molecule has 1 atom stereocenters. The number of hydrogen-bond acceptors (Lipinski definition) is 2. The Hall–Kier alpha value is -0.980. The lowest BCUT2D eigenvalue weighted by atomic mass is 9.96. The summed E-state index contributed by atoms with van der Waals surface area (Å²) in [6, 6.07) is -0.226. The predicted octanol–water partition coefficient (Wildman–Crippen LogP) is 3.09. The summed E-state index contributed by atoms with van der Waals surface area (Å²) in [6.45, 7) is 6.29. The lowest BCUT2D eigenvalue weighted by molar-refractivity contribution is -0.183. The van der Waals surface area contributed by atoms with E-state index in [9.17, 15) is 18.0 Å². The van der Waals surface area contributed by atoms with Crippen LogP contribution in [0.2, 0.25) is 0 Å². The van der Waals surface area contributed by atoms with Crippen molar-refractivity contribution in [2.45, 2.75) is 45.2 Å². The molecule has 2 saturated heterocycles. The molecule has 134 valence electrons. The van der Waals surface area contributed by atoms with Gasteiger partial charge in [0.15, 0.2) is 0 Å². The number of halogens is 3. The predicted molar refractivity (Wildman–Crippen MR) is 83.2 cm³/mol. The molecule has 4 nitrogen and oxygen atoms in total. The first-order chi connectivity index (χ1) is 10.9. The van der Waals surface area contributed by atoms with E-state index in [1.165, 1.54) is 24.2 Å². The molecular weight excluding hydrogens is 307 g/mol. The van der Waals surface area contributed by atoms with Crippen LogP contribution in [0.15, 0.2) is 0 Å². The molecule has 2 amide bonds. The monoisotopic (exact) mass is 335 g/mol. The van der Waals surface area contributed by atoms with Crippen LogP contribution in [0, 0.1) is 11.8 Å². The molecule has 0 saturated carbocycles. The molecule has 0 aromatic heterocycles. The van der Waals surface area contributed by atoms with Gasteiger partial charge in [0.05, 0.1) is 5.92 Å². The van der Waals surface area contributed by atoms with Gasteiger partial charge in [0, 0.05) is 26.2 Å². The molecule has 0 aromatic carbocycles. The van der Waals surface area contributed by atoms with E-state index in [-0.39, 0.29) is 32.0 Å². The van der Waals surface area contributed by atoms with Crippen molar-refractivity contribution in [2.75, 3.05) is 39.3 Å². The van der Waals surface area contributed by atoms with Crippen molar-refractivity contribution in [2.24, 2.45) is 11.8 Å². The highest BCUT2D eigenvalue weighted by Gasteiger charge is 2.41. The zero-order valence-electron chi connectivity index (χ0n) is 13.9. The Morgan fingerprint density at radius 3 is 2.30 bits per heavy atom. The van der Waals surface area contributed by atoms with Crippen LogP contribution < -0.4 is 5.32 Å². The standard InChI is InChI=1S/C16H28F3N3O/c1-13(12-21-7-3-2-4-8-21)11-20-15(23)22-9-5-14(6-10-22)16(17,18)19/h13-14H,2-12H2,1H3,(H,20,23). The summed E-state index contributed by atoms with van der Waals surface area (Å²) < 4.78 is 37.9. The second-order valence-electron chi connectivity index (χ2n) is 6.96. The minimum atomic E-state index is -4.13. The van der Waals surface area contributed by atoms with E-state index >= 15 is 0 Å². The van der Waals surface area contributed by atoms with E-state index in [0.717, 1.165) is 19.6 Å². The average Bonchev–Trinajstić information content (AvgIpc) is 2.53. The Labute approximate surface area is 136 Å². The van der Waals surface area contributed by atoms with Crippen molar-refractivity contribution < 1.29 is 18.0 Å². The number of amides is 2. The van der Waals surface area contributed by atoms with E-state index < -0.39 is 12.1 Å². The summed E-state index contributed by atoms with van der Waals surface area (Å²) in [7, 11) is 0. The average molecular weight is 335 g/mol. The number of piperidine rings is 2. The summed E-state index contributed by atoms with van der Waals surface area (Å²) in [5.41, 5.74) is 0. The van der Waals surface area contributed by atoms with Gasteiger partial charge in [-0.25, -0.2) is 4.79 Å². The summed E-state index contributed by atoms with van der Waals surface area (Å²) >= 11 is 0. The van der Waals surface area contributed by atoms with Crippen molar-refractivity contribution >= 4 is 6.03 Å². The SMILES string of the molecule is CC(CNC(=O)N1CCC(C(F)(F)F)CC1)CN1CCCCC1. The first kappa shape index (κ1) is 18.4. The van der Waals surface area contributed by atoms with Gasteiger partial charge >= 0.3 is 12.2 Å². The van der Waals surface area contributed by atoms with Crippen LogP contribution in [0.5, 0.6) is 0 Å². The number of hydrogen-bond donors (Lipinski definition) is 1. The highest BCUT2D eigenvalue weighted by Crippen LogP contribution is 2.34. The zero-order valence-corrected chi connectivity index (χ0v) is 13.9. The molecule has 2 heterocycles. The number of nitrogens with one attached hydrogen (secondary N) is 1. The topological polar surface area (TPSA) is 35.6 Å². The lowest BCUT2D eigenvalue weighted by Gasteiger charge is -2.33. The number of urea groups is 1. The van der Waals surface area contributed by atoms with Gasteiger partial charge in [-0.3, -0.25) is 0 Å². The Bertz CT molecular complexity index is 375. The van der Waals surface area contributed by atoms with Gasteiger partial charge in [-0.2, -0.15) is 13.2 Å². The fraction of sp³-hybridized carbons (Fsp3) is 0.938. The van der Waals surface area contributed by atoms with Crippen LogP contribution in [-0.4, -0.2) is 61.3 Å². The quantitative estimate of drug-likeness (QED) is 0.857. The minimum Gasteiger partial charge on any atom is -0.338 e. The molecule has 2 fully saturated rings. The highest BCUT2D eigenvalue weighted by molar-refractivity contribution is 5.74. The Morgan fingerprint density at radius 1 is 1.13 bits per heavy atom. The van der Waals surface area contributed by atoms with Crippen molar-refractivity contribution in [3.63, 3.8) is 0 Å². The van der Waals surface area contributed by atoms with Crippen molar-refractivity contribution in [1.82, 2.24) is 15.1 Å². The van der Waals surface area contributed by atoms with Crippen molar-refractivity contribution in [1.29, 1.82) is 0 Å². The molecule has 23 heavy (non-hydrogen) atoms. The van der Waals surface area contributed by atoms with Gasteiger partial charge in [0.1, 0.15) is 0 Å². The van der Waals surface area contributed by atoms with E-state index in [2.05, 4.69) is 17.1 Å². The zero-order chi connectivity index (χ0) is 16.9. The van der Waals surface area contributed by atoms with Crippen LogP contribution in [-0.2, 0) is 0 Å². The summed E-state index contributed by atoms with van der Waals surface area (Å²) in [5.74, 6) is -0.908. The lowest BCUT2D eigenvalue weighted by Crippen LogP contribution is -2.48. The fourth-order valence-electron chi connectivity index (χ4n) is 3.43. The normalized spacial score (nSPS) is 22.9. The molecule has 2 rings (SSSR count). The van der Waals surface area contributed by atoms with Crippen LogP contribution in [0.4, 0.5) is 18.0 Å². The maximum Gasteiger partial charge on any atom is 0.391 e. The van der Waals surface area contributed by atoms with Gasteiger partial charge in [-0.1, -0.05) is 13.3 Å². The summed E-state index contributed by atoms with van der Waals surface area (Å²) in [5, 5.41) is 2.87. The smallest absolute Gasteiger partial charge is 0.338 e. The maximum absolute atomic E-state index is 12.6. The Balaban J connectivity index is 1.65. The maximum atomic E-state index is 12.6. The van der Waals surface area contributed by atoms with Gasteiger partial charge in [0.25, 0.3) is 0 Å². The number of alkyl halides is 3. The van der Waals surface area contributed by atoms with E-state index in [1.54, 1.807) is 0 Å². The number of nitrogens with zero attached hydrogens (tertiary/aromatic N) is 2. The highest BCUT2D eigenvalue weighted by atomic mass is 19.4. The van der Waals surface area contributed by atoms with E-state index in [4.69, 9.17) is 0 Å². The summed E-state index contributed by atoms with van der Waals surface area (Å²) in [6.07, 6.45) is -0.317. The molecule has 2 aliphatic heterocycles. The molecule has 1 N–H and O–H groups in total. The summed E-state index contributed by atoms with van der Waals surface area (Å²) in [4.78, 5) is 16.0. The van der Waals surface area contributed by atoms with E-state index in [0.29, 0.717) is 12.5 Å². The molecule has 0 aromatic rings. The number of rotatable bonds is 4. The Morgan fingerprint density at radius 2 is 1.74 bits per heavy atom. The van der Waals surface area contributed by atoms with E-state index in [1.807, 2.05) is 0 Å².